The van der Waals surface area contributed by atoms with E-state index < -0.39 is 0 Å². The van der Waals surface area contributed by atoms with Crippen molar-refractivity contribution >= 4 is 11.3 Å². The number of rotatable bonds is 2. The molecule has 0 bridgehead atoms. The molecular weight excluding hydrogens is 170 g/mol. The van der Waals surface area contributed by atoms with Crippen molar-refractivity contribution in [2.24, 2.45) is 0 Å². The van der Waals surface area contributed by atoms with E-state index in [2.05, 4.69) is 16.1 Å². The average molecular weight is 183 g/mol. The number of piperidine rings is 1. The highest BCUT2D eigenvalue weighted by Gasteiger charge is 2.13. The molecule has 0 amide bonds. The van der Waals surface area contributed by atoms with Gasteiger partial charge in [0, 0.05) is 5.38 Å². The van der Waals surface area contributed by atoms with Crippen LogP contribution in [-0.4, -0.2) is 19.2 Å². The zero-order valence-corrected chi connectivity index (χ0v) is 7.77. The van der Waals surface area contributed by atoms with Gasteiger partial charge >= 0.3 is 0 Å². The Hall–Kier alpha value is -0.540. The SMILES string of the molecule is c1cc(OC2CCNCC2)cs1. The predicted molar refractivity (Wildman–Crippen MR) is 50.8 cm³/mol. The fraction of sp³-hybridized carbons (Fsp3) is 0.556. The van der Waals surface area contributed by atoms with Crippen LogP contribution in [0.15, 0.2) is 16.8 Å². The van der Waals surface area contributed by atoms with Crippen LogP contribution in [0.4, 0.5) is 0 Å². The predicted octanol–water partition coefficient (Wildman–Crippen LogP) is 1.88. The zero-order chi connectivity index (χ0) is 8.23. The Bertz CT molecular complexity index is 216. The van der Waals surface area contributed by atoms with Crippen LogP contribution in [0.1, 0.15) is 12.8 Å². The van der Waals surface area contributed by atoms with E-state index in [-0.39, 0.29) is 0 Å². The summed E-state index contributed by atoms with van der Waals surface area (Å²) in [6.07, 6.45) is 2.70. The molecule has 0 saturated carbocycles. The Balaban J connectivity index is 1.86. The minimum Gasteiger partial charge on any atom is -0.489 e. The first-order valence-corrected chi connectivity index (χ1v) is 5.29. The van der Waals surface area contributed by atoms with Gasteiger partial charge in [-0.25, -0.2) is 0 Å². The fourth-order valence-electron chi connectivity index (χ4n) is 1.42. The molecule has 1 saturated heterocycles. The maximum atomic E-state index is 5.77. The van der Waals surface area contributed by atoms with E-state index in [0.29, 0.717) is 6.10 Å². The van der Waals surface area contributed by atoms with Crippen LogP contribution < -0.4 is 10.1 Å². The van der Waals surface area contributed by atoms with Crippen molar-refractivity contribution in [2.75, 3.05) is 13.1 Å². The summed E-state index contributed by atoms with van der Waals surface area (Å²) in [5.41, 5.74) is 0. The average Bonchev–Trinajstić information content (AvgIpc) is 2.59. The summed E-state index contributed by atoms with van der Waals surface area (Å²) < 4.78 is 5.77. The van der Waals surface area contributed by atoms with E-state index in [9.17, 15) is 0 Å². The van der Waals surface area contributed by atoms with Crippen LogP contribution in [0.25, 0.3) is 0 Å². The van der Waals surface area contributed by atoms with Crippen LogP contribution in [0.3, 0.4) is 0 Å². The highest BCUT2D eigenvalue weighted by atomic mass is 32.1. The van der Waals surface area contributed by atoms with E-state index in [4.69, 9.17) is 4.74 Å². The van der Waals surface area contributed by atoms with Gasteiger partial charge in [-0.3, -0.25) is 0 Å². The maximum absolute atomic E-state index is 5.77. The van der Waals surface area contributed by atoms with Gasteiger partial charge in [-0.15, -0.1) is 11.3 Å². The summed E-state index contributed by atoms with van der Waals surface area (Å²) in [7, 11) is 0. The van der Waals surface area contributed by atoms with Gasteiger partial charge in [0.15, 0.2) is 0 Å². The Morgan fingerprint density at radius 1 is 1.42 bits per heavy atom. The second kappa shape index (κ2) is 3.92. The molecule has 1 aromatic heterocycles. The van der Waals surface area contributed by atoms with Gasteiger partial charge in [-0.1, -0.05) is 0 Å². The summed E-state index contributed by atoms with van der Waals surface area (Å²) in [6.45, 7) is 2.18. The van der Waals surface area contributed by atoms with Crippen LogP contribution >= 0.6 is 11.3 Å². The molecule has 1 aromatic rings. The molecule has 1 N–H and O–H groups in total. The number of ether oxygens (including phenoxy) is 1. The minimum absolute atomic E-state index is 0.431. The Morgan fingerprint density at radius 3 is 2.92 bits per heavy atom. The molecule has 0 spiro atoms. The van der Waals surface area contributed by atoms with E-state index >= 15 is 0 Å². The van der Waals surface area contributed by atoms with Crippen LogP contribution in [0.5, 0.6) is 5.75 Å². The topological polar surface area (TPSA) is 21.3 Å². The molecule has 66 valence electrons. The molecule has 1 aliphatic heterocycles. The molecule has 12 heavy (non-hydrogen) atoms. The lowest BCUT2D eigenvalue weighted by Crippen LogP contribution is -2.34. The molecule has 0 unspecified atom stereocenters. The van der Waals surface area contributed by atoms with E-state index in [1.165, 1.54) is 0 Å². The quantitative estimate of drug-likeness (QED) is 0.756. The number of nitrogens with one attached hydrogen (secondary N) is 1. The lowest BCUT2D eigenvalue weighted by Gasteiger charge is -2.23. The Kier molecular flexibility index (Phi) is 2.64. The standard InChI is InChI=1S/C9H13NOS/c1-4-10-5-2-8(1)11-9-3-6-12-7-9/h3,6-8,10H,1-2,4-5H2. The molecule has 0 aromatic carbocycles. The van der Waals surface area contributed by atoms with Crippen molar-refractivity contribution < 1.29 is 4.74 Å². The van der Waals surface area contributed by atoms with Crippen LogP contribution in [0.2, 0.25) is 0 Å². The molecule has 2 heterocycles. The van der Waals surface area contributed by atoms with Gasteiger partial charge in [-0.2, -0.15) is 0 Å². The Morgan fingerprint density at radius 2 is 2.25 bits per heavy atom. The summed E-state index contributed by atoms with van der Waals surface area (Å²) in [5.74, 6) is 1.03. The normalized spacial score (nSPS) is 19.3. The monoisotopic (exact) mass is 183 g/mol. The first-order chi connectivity index (χ1) is 5.95. The summed E-state index contributed by atoms with van der Waals surface area (Å²) in [5, 5.41) is 7.43. The molecule has 0 aliphatic carbocycles. The summed E-state index contributed by atoms with van der Waals surface area (Å²) in [6, 6.07) is 2.03. The first kappa shape index (κ1) is 8.08. The molecule has 2 rings (SSSR count). The molecule has 1 fully saturated rings. The second-order valence-corrected chi connectivity index (χ2v) is 3.81. The largest absolute Gasteiger partial charge is 0.489 e. The molecule has 0 radical (unpaired) electrons. The first-order valence-electron chi connectivity index (χ1n) is 4.35. The second-order valence-electron chi connectivity index (χ2n) is 3.03. The highest BCUT2D eigenvalue weighted by Crippen LogP contribution is 2.19. The van der Waals surface area contributed by atoms with Crippen molar-refractivity contribution in [3.05, 3.63) is 16.8 Å². The molecule has 1 aliphatic rings. The third kappa shape index (κ3) is 1.99. The van der Waals surface area contributed by atoms with Crippen molar-refractivity contribution in [3.8, 4) is 5.75 Å². The summed E-state index contributed by atoms with van der Waals surface area (Å²) in [4.78, 5) is 0. The maximum Gasteiger partial charge on any atom is 0.130 e. The summed E-state index contributed by atoms with van der Waals surface area (Å²) >= 11 is 1.69. The van der Waals surface area contributed by atoms with Gasteiger partial charge in [0.25, 0.3) is 0 Å². The Labute approximate surface area is 76.6 Å². The molecule has 0 atom stereocenters. The van der Waals surface area contributed by atoms with Gasteiger partial charge in [0.05, 0.1) is 0 Å². The number of thiophene rings is 1. The van der Waals surface area contributed by atoms with Gasteiger partial charge in [0.1, 0.15) is 11.9 Å². The zero-order valence-electron chi connectivity index (χ0n) is 6.95. The van der Waals surface area contributed by atoms with Gasteiger partial charge < -0.3 is 10.1 Å². The van der Waals surface area contributed by atoms with Gasteiger partial charge in [-0.05, 0) is 37.4 Å². The van der Waals surface area contributed by atoms with Crippen molar-refractivity contribution in [2.45, 2.75) is 18.9 Å². The molecule has 3 heteroatoms. The van der Waals surface area contributed by atoms with E-state index in [1.807, 2.05) is 6.07 Å². The van der Waals surface area contributed by atoms with Crippen molar-refractivity contribution in [3.63, 3.8) is 0 Å². The molecule has 2 nitrogen and oxygen atoms in total. The number of hydrogen-bond acceptors (Lipinski definition) is 3. The van der Waals surface area contributed by atoms with E-state index in [1.54, 1.807) is 11.3 Å². The van der Waals surface area contributed by atoms with Gasteiger partial charge in [0.2, 0.25) is 0 Å². The number of hydrogen-bond donors (Lipinski definition) is 1. The lowest BCUT2D eigenvalue weighted by molar-refractivity contribution is 0.163. The van der Waals surface area contributed by atoms with Crippen molar-refractivity contribution in [1.29, 1.82) is 0 Å². The third-order valence-electron chi connectivity index (χ3n) is 2.08. The smallest absolute Gasteiger partial charge is 0.130 e. The fourth-order valence-corrected chi connectivity index (χ4v) is 1.98. The van der Waals surface area contributed by atoms with Crippen LogP contribution in [-0.2, 0) is 0 Å². The highest BCUT2D eigenvalue weighted by molar-refractivity contribution is 7.08. The lowest BCUT2D eigenvalue weighted by atomic mass is 10.1. The minimum atomic E-state index is 0.431. The van der Waals surface area contributed by atoms with E-state index in [0.717, 1.165) is 31.7 Å². The third-order valence-corrected chi connectivity index (χ3v) is 2.75. The van der Waals surface area contributed by atoms with Crippen LogP contribution in [0, 0.1) is 0 Å². The molecular formula is C9H13NOS. The van der Waals surface area contributed by atoms with Crippen molar-refractivity contribution in [1.82, 2.24) is 5.32 Å².